The number of hydrogen-bond acceptors (Lipinski definition) is 3. The molecule has 0 aliphatic carbocycles. The Kier molecular flexibility index (Phi) is 3.83. The highest BCUT2D eigenvalue weighted by molar-refractivity contribution is 4.75. The smallest absolute Gasteiger partial charge is 0.0434 e. The normalized spacial score (nSPS) is 26.2. The van der Waals surface area contributed by atoms with Crippen molar-refractivity contribution in [1.29, 1.82) is 0 Å². The third-order valence-corrected chi connectivity index (χ3v) is 2.35. The van der Waals surface area contributed by atoms with Crippen LogP contribution in [-0.4, -0.2) is 42.8 Å². The van der Waals surface area contributed by atoms with Crippen molar-refractivity contribution in [3.63, 3.8) is 0 Å². The third-order valence-electron chi connectivity index (χ3n) is 2.35. The average molecular weight is 158 g/mol. The molecule has 0 aromatic heterocycles. The third kappa shape index (κ3) is 2.77. The van der Waals surface area contributed by atoms with E-state index >= 15 is 0 Å². The van der Waals surface area contributed by atoms with E-state index in [1.807, 2.05) is 0 Å². The van der Waals surface area contributed by atoms with E-state index < -0.39 is 0 Å². The fourth-order valence-corrected chi connectivity index (χ4v) is 1.72. The summed E-state index contributed by atoms with van der Waals surface area (Å²) >= 11 is 0. The predicted molar refractivity (Wildman–Crippen MR) is 45.3 cm³/mol. The predicted octanol–water partition coefficient (Wildman–Crippen LogP) is -0.351. The van der Waals surface area contributed by atoms with Crippen molar-refractivity contribution in [2.24, 2.45) is 11.7 Å². The van der Waals surface area contributed by atoms with Crippen LogP contribution in [0.3, 0.4) is 0 Å². The topological polar surface area (TPSA) is 49.5 Å². The van der Waals surface area contributed by atoms with E-state index in [-0.39, 0.29) is 0 Å². The highest BCUT2D eigenvalue weighted by Crippen LogP contribution is 2.17. The second-order valence-electron chi connectivity index (χ2n) is 3.26. The van der Waals surface area contributed by atoms with Crippen LogP contribution >= 0.6 is 0 Å². The van der Waals surface area contributed by atoms with Gasteiger partial charge < -0.3 is 15.7 Å². The van der Waals surface area contributed by atoms with E-state index in [1.165, 1.54) is 13.0 Å². The number of nitrogens with two attached hydrogens (primary N) is 1. The van der Waals surface area contributed by atoms with E-state index in [1.54, 1.807) is 0 Å². The summed E-state index contributed by atoms with van der Waals surface area (Å²) in [6.07, 6.45) is 2.20. The molecule has 0 radical (unpaired) electrons. The minimum Gasteiger partial charge on any atom is -0.396 e. The van der Waals surface area contributed by atoms with Gasteiger partial charge in [-0.2, -0.15) is 0 Å². The van der Waals surface area contributed by atoms with Crippen molar-refractivity contribution < 1.29 is 5.11 Å². The van der Waals surface area contributed by atoms with E-state index in [9.17, 15) is 0 Å². The Hall–Kier alpha value is -0.120. The lowest BCUT2D eigenvalue weighted by molar-refractivity contribution is 0.252. The van der Waals surface area contributed by atoms with E-state index in [2.05, 4.69) is 4.90 Å². The minimum absolute atomic E-state index is 0.334. The molecule has 1 aliphatic rings. The Morgan fingerprint density at radius 2 is 2.36 bits per heavy atom. The molecule has 1 fully saturated rings. The van der Waals surface area contributed by atoms with E-state index in [0.717, 1.165) is 26.1 Å². The molecule has 1 saturated heterocycles. The van der Waals surface area contributed by atoms with Crippen molar-refractivity contribution in [3.8, 4) is 0 Å². The lowest BCUT2D eigenvalue weighted by atomic mass is 10.1. The SMILES string of the molecule is NCCN1CCC(CCO)C1. The molecule has 0 aromatic rings. The second-order valence-corrected chi connectivity index (χ2v) is 3.26. The molecule has 1 atom stereocenters. The van der Waals surface area contributed by atoms with Gasteiger partial charge in [-0.15, -0.1) is 0 Å². The molecule has 0 saturated carbocycles. The van der Waals surface area contributed by atoms with Crippen LogP contribution in [0.15, 0.2) is 0 Å². The number of aliphatic hydroxyl groups is 1. The Balaban J connectivity index is 2.12. The molecule has 3 N–H and O–H groups in total. The fourth-order valence-electron chi connectivity index (χ4n) is 1.72. The van der Waals surface area contributed by atoms with Gasteiger partial charge in [-0.05, 0) is 25.3 Å². The van der Waals surface area contributed by atoms with Gasteiger partial charge in [0.25, 0.3) is 0 Å². The molecule has 0 aromatic carbocycles. The highest BCUT2D eigenvalue weighted by Gasteiger charge is 2.20. The molecular formula is C8H18N2O. The molecule has 66 valence electrons. The fraction of sp³-hybridized carbons (Fsp3) is 1.00. The van der Waals surface area contributed by atoms with Crippen LogP contribution in [0, 0.1) is 5.92 Å². The number of nitrogens with zero attached hydrogens (tertiary/aromatic N) is 1. The number of rotatable bonds is 4. The van der Waals surface area contributed by atoms with Gasteiger partial charge in [0.05, 0.1) is 0 Å². The summed E-state index contributed by atoms with van der Waals surface area (Å²) in [5, 5.41) is 8.70. The Morgan fingerprint density at radius 3 is 3.00 bits per heavy atom. The van der Waals surface area contributed by atoms with Crippen molar-refractivity contribution >= 4 is 0 Å². The van der Waals surface area contributed by atoms with Crippen LogP contribution in [-0.2, 0) is 0 Å². The molecule has 1 aliphatic heterocycles. The molecule has 3 heteroatoms. The highest BCUT2D eigenvalue weighted by atomic mass is 16.3. The van der Waals surface area contributed by atoms with Gasteiger partial charge in [0.15, 0.2) is 0 Å². The monoisotopic (exact) mass is 158 g/mol. The largest absolute Gasteiger partial charge is 0.396 e. The van der Waals surface area contributed by atoms with Crippen LogP contribution in [0.5, 0.6) is 0 Å². The summed E-state index contributed by atoms with van der Waals surface area (Å²) in [5.74, 6) is 0.714. The number of likely N-dealkylation sites (tertiary alicyclic amines) is 1. The first-order valence-electron chi connectivity index (χ1n) is 4.40. The molecule has 1 rings (SSSR count). The summed E-state index contributed by atoms with van der Waals surface area (Å²) in [6, 6.07) is 0. The van der Waals surface area contributed by atoms with Crippen molar-refractivity contribution in [2.75, 3.05) is 32.8 Å². The maximum absolute atomic E-state index is 8.70. The summed E-state index contributed by atoms with van der Waals surface area (Å²) < 4.78 is 0. The summed E-state index contributed by atoms with van der Waals surface area (Å²) in [4.78, 5) is 2.38. The quantitative estimate of drug-likeness (QED) is 0.588. The minimum atomic E-state index is 0.334. The van der Waals surface area contributed by atoms with E-state index in [4.69, 9.17) is 10.8 Å². The average Bonchev–Trinajstić information content (AvgIpc) is 2.38. The maximum Gasteiger partial charge on any atom is 0.0434 e. The van der Waals surface area contributed by atoms with Gasteiger partial charge in [0.2, 0.25) is 0 Å². The van der Waals surface area contributed by atoms with Gasteiger partial charge in [0, 0.05) is 26.2 Å². The lowest BCUT2D eigenvalue weighted by Gasteiger charge is -2.13. The summed E-state index contributed by atoms with van der Waals surface area (Å²) in [5.41, 5.74) is 5.44. The molecule has 1 unspecified atom stereocenters. The maximum atomic E-state index is 8.70. The Morgan fingerprint density at radius 1 is 1.55 bits per heavy atom. The lowest BCUT2D eigenvalue weighted by Crippen LogP contribution is -2.27. The Labute approximate surface area is 68.2 Å². The van der Waals surface area contributed by atoms with Gasteiger partial charge in [0.1, 0.15) is 0 Å². The standard InChI is InChI=1S/C8H18N2O/c9-3-5-10-4-1-8(7-10)2-6-11/h8,11H,1-7,9H2. The Bertz CT molecular complexity index is 96.3. The van der Waals surface area contributed by atoms with Crippen molar-refractivity contribution in [3.05, 3.63) is 0 Å². The molecule has 0 amide bonds. The zero-order valence-corrected chi connectivity index (χ0v) is 7.00. The second kappa shape index (κ2) is 4.70. The zero-order valence-electron chi connectivity index (χ0n) is 7.00. The van der Waals surface area contributed by atoms with Crippen LogP contribution < -0.4 is 5.73 Å². The summed E-state index contributed by atoms with van der Waals surface area (Å²) in [6.45, 7) is 4.41. The summed E-state index contributed by atoms with van der Waals surface area (Å²) in [7, 11) is 0. The zero-order chi connectivity index (χ0) is 8.10. The molecule has 11 heavy (non-hydrogen) atoms. The van der Waals surface area contributed by atoms with Crippen LogP contribution in [0.2, 0.25) is 0 Å². The number of aliphatic hydroxyl groups excluding tert-OH is 1. The first-order chi connectivity index (χ1) is 5.36. The van der Waals surface area contributed by atoms with Crippen molar-refractivity contribution in [2.45, 2.75) is 12.8 Å². The van der Waals surface area contributed by atoms with E-state index in [0.29, 0.717) is 12.5 Å². The first-order valence-corrected chi connectivity index (χ1v) is 4.40. The van der Waals surface area contributed by atoms with Crippen LogP contribution in [0.25, 0.3) is 0 Å². The van der Waals surface area contributed by atoms with Gasteiger partial charge in [-0.25, -0.2) is 0 Å². The number of hydrogen-bond donors (Lipinski definition) is 2. The van der Waals surface area contributed by atoms with Gasteiger partial charge in [-0.1, -0.05) is 0 Å². The van der Waals surface area contributed by atoms with Gasteiger partial charge in [-0.3, -0.25) is 0 Å². The van der Waals surface area contributed by atoms with Crippen LogP contribution in [0.1, 0.15) is 12.8 Å². The first kappa shape index (κ1) is 8.97. The molecule has 0 bridgehead atoms. The van der Waals surface area contributed by atoms with Gasteiger partial charge >= 0.3 is 0 Å². The van der Waals surface area contributed by atoms with Crippen molar-refractivity contribution in [1.82, 2.24) is 4.90 Å². The molecule has 1 heterocycles. The molecular weight excluding hydrogens is 140 g/mol. The molecule has 0 spiro atoms. The van der Waals surface area contributed by atoms with Crippen LogP contribution in [0.4, 0.5) is 0 Å². The molecule has 3 nitrogen and oxygen atoms in total.